The van der Waals surface area contributed by atoms with Crippen LogP contribution in [0.15, 0.2) is 53.3 Å². The van der Waals surface area contributed by atoms with Gasteiger partial charge in [0.2, 0.25) is 5.91 Å². The Morgan fingerprint density at radius 3 is 2.60 bits per heavy atom. The number of hydrogen-bond donors (Lipinski definition) is 2. The number of carbonyl (C=O) groups excluding carboxylic acids is 1. The van der Waals surface area contributed by atoms with E-state index in [1.807, 2.05) is 56.3 Å². The van der Waals surface area contributed by atoms with E-state index < -0.39 is 0 Å². The Morgan fingerprint density at radius 2 is 1.84 bits per heavy atom. The highest BCUT2D eigenvalue weighted by Gasteiger charge is 2.07. The van der Waals surface area contributed by atoms with Crippen molar-refractivity contribution in [3.8, 4) is 0 Å². The third-order valence-electron chi connectivity index (χ3n) is 4.55. The third kappa shape index (κ3) is 3.97. The number of amides is 1. The summed E-state index contributed by atoms with van der Waals surface area (Å²) in [4.78, 5) is 27.3. The molecule has 2 N–H and O–H groups in total. The van der Waals surface area contributed by atoms with E-state index in [1.54, 1.807) is 0 Å². The number of pyridine rings is 1. The fourth-order valence-corrected chi connectivity index (χ4v) is 2.94. The first-order valence-electron chi connectivity index (χ1n) is 8.47. The Labute approximate surface area is 146 Å². The average Bonchev–Trinajstić information content (AvgIpc) is 2.60. The van der Waals surface area contributed by atoms with Gasteiger partial charge in [0.05, 0.1) is 11.9 Å². The van der Waals surface area contributed by atoms with Crippen molar-refractivity contribution in [1.29, 1.82) is 0 Å². The lowest BCUT2D eigenvalue weighted by Crippen LogP contribution is -2.28. The van der Waals surface area contributed by atoms with Gasteiger partial charge in [-0.05, 0) is 48.4 Å². The Hall–Kier alpha value is -2.88. The summed E-state index contributed by atoms with van der Waals surface area (Å²) in [7, 11) is 0. The number of benzene rings is 2. The molecule has 3 rings (SSSR count). The minimum absolute atomic E-state index is 0.0325. The number of aromatic nitrogens is 1. The van der Waals surface area contributed by atoms with Crippen LogP contribution < -0.4 is 10.9 Å². The van der Waals surface area contributed by atoms with Gasteiger partial charge in [0.15, 0.2) is 0 Å². The summed E-state index contributed by atoms with van der Waals surface area (Å²) in [6, 6.07) is 15.6. The molecule has 0 aliphatic carbocycles. The van der Waals surface area contributed by atoms with Crippen molar-refractivity contribution in [2.45, 2.75) is 26.7 Å². The van der Waals surface area contributed by atoms with Crippen molar-refractivity contribution in [2.24, 2.45) is 0 Å². The van der Waals surface area contributed by atoms with Crippen LogP contribution in [0, 0.1) is 13.8 Å². The van der Waals surface area contributed by atoms with Gasteiger partial charge in [0.25, 0.3) is 5.56 Å². The van der Waals surface area contributed by atoms with E-state index in [-0.39, 0.29) is 11.5 Å². The lowest BCUT2D eigenvalue weighted by atomic mass is 10.0. The van der Waals surface area contributed by atoms with Crippen LogP contribution in [-0.4, -0.2) is 17.4 Å². The third-order valence-corrected chi connectivity index (χ3v) is 4.55. The molecule has 0 fully saturated rings. The molecule has 128 valence electrons. The molecule has 1 aromatic heterocycles. The largest absolute Gasteiger partial charge is 0.355 e. The molecule has 0 aliphatic heterocycles. The standard InChI is InChI=1S/C21H22N2O2/c1-14-8-9-17-13-18(21(25)23-20(17)15(14)2)10-11-22-19(24)12-16-6-4-3-5-7-16/h3-9,13H,10-12H2,1-2H3,(H,22,24)(H,23,25). The van der Waals surface area contributed by atoms with Gasteiger partial charge in [-0.15, -0.1) is 0 Å². The Kier molecular flexibility index (Phi) is 4.98. The van der Waals surface area contributed by atoms with E-state index in [2.05, 4.69) is 16.4 Å². The van der Waals surface area contributed by atoms with E-state index in [0.29, 0.717) is 24.9 Å². The molecule has 1 amide bonds. The molecule has 0 radical (unpaired) electrons. The number of aryl methyl sites for hydroxylation is 2. The molecule has 1 heterocycles. The van der Waals surface area contributed by atoms with Crippen molar-refractivity contribution < 1.29 is 4.79 Å². The van der Waals surface area contributed by atoms with Crippen LogP contribution in [0.4, 0.5) is 0 Å². The van der Waals surface area contributed by atoms with E-state index in [9.17, 15) is 9.59 Å². The minimum Gasteiger partial charge on any atom is -0.355 e. The van der Waals surface area contributed by atoms with Gasteiger partial charge in [-0.1, -0.05) is 42.5 Å². The molecular formula is C21H22N2O2. The quantitative estimate of drug-likeness (QED) is 0.753. The summed E-state index contributed by atoms with van der Waals surface area (Å²) in [5.41, 5.74) is 4.73. The lowest BCUT2D eigenvalue weighted by Gasteiger charge is -2.09. The number of aromatic amines is 1. The number of carbonyl (C=O) groups is 1. The highest BCUT2D eigenvalue weighted by atomic mass is 16.1. The summed E-state index contributed by atoms with van der Waals surface area (Å²) in [5, 5.41) is 3.91. The zero-order chi connectivity index (χ0) is 17.8. The van der Waals surface area contributed by atoms with Gasteiger partial charge in [-0.25, -0.2) is 0 Å². The maximum atomic E-state index is 12.3. The molecule has 0 spiro atoms. The van der Waals surface area contributed by atoms with Crippen LogP contribution in [-0.2, 0) is 17.6 Å². The predicted molar refractivity (Wildman–Crippen MR) is 101 cm³/mol. The van der Waals surface area contributed by atoms with Gasteiger partial charge < -0.3 is 10.3 Å². The number of rotatable bonds is 5. The van der Waals surface area contributed by atoms with Crippen LogP contribution >= 0.6 is 0 Å². The van der Waals surface area contributed by atoms with Gasteiger partial charge >= 0.3 is 0 Å². The number of nitrogens with one attached hydrogen (secondary N) is 2. The smallest absolute Gasteiger partial charge is 0.251 e. The van der Waals surface area contributed by atoms with E-state index in [4.69, 9.17) is 0 Å². The second kappa shape index (κ2) is 7.34. The van der Waals surface area contributed by atoms with E-state index in [1.165, 1.54) is 0 Å². The Balaban J connectivity index is 1.65. The fourth-order valence-electron chi connectivity index (χ4n) is 2.94. The van der Waals surface area contributed by atoms with Crippen molar-refractivity contribution in [2.75, 3.05) is 6.54 Å². The zero-order valence-corrected chi connectivity index (χ0v) is 14.6. The van der Waals surface area contributed by atoms with Crippen LogP contribution in [0.2, 0.25) is 0 Å². The minimum atomic E-state index is -0.0847. The maximum Gasteiger partial charge on any atom is 0.251 e. The highest BCUT2D eigenvalue weighted by molar-refractivity contribution is 5.83. The van der Waals surface area contributed by atoms with Crippen LogP contribution in [0.5, 0.6) is 0 Å². The molecule has 0 atom stereocenters. The first kappa shape index (κ1) is 17.0. The molecule has 0 aliphatic rings. The number of hydrogen-bond acceptors (Lipinski definition) is 2. The molecule has 0 bridgehead atoms. The van der Waals surface area contributed by atoms with Crippen LogP contribution in [0.25, 0.3) is 10.9 Å². The second-order valence-corrected chi connectivity index (χ2v) is 6.36. The first-order chi connectivity index (χ1) is 12.0. The van der Waals surface area contributed by atoms with Crippen molar-refractivity contribution in [3.05, 3.63) is 81.1 Å². The summed E-state index contributed by atoms with van der Waals surface area (Å²) in [5.74, 6) is -0.0325. The summed E-state index contributed by atoms with van der Waals surface area (Å²) < 4.78 is 0. The molecule has 0 unspecified atom stereocenters. The summed E-state index contributed by atoms with van der Waals surface area (Å²) >= 11 is 0. The predicted octanol–water partition coefficient (Wildman–Crippen LogP) is 3.05. The lowest BCUT2D eigenvalue weighted by molar-refractivity contribution is -0.120. The monoisotopic (exact) mass is 334 g/mol. The van der Waals surface area contributed by atoms with Crippen molar-refractivity contribution in [1.82, 2.24) is 10.3 Å². The van der Waals surface area contributed by atoms with Gasteiger partial charge in [-0.3, -0.25) is 9.59 Å². The van der Waals surface area contributed by atoms with Gasteiger partial charge in [-0.2, -0.15) is 0 Å². The molecule has 4 nitrogen and oxygen atoms in total. The van der Waals surface area contributed by atoms with Gasteiger partial charge in [0, 0.05) is 12.1 Å². The van der Waals surface area contributed by atoms with E-state index >= 15 is 0 Å². The Morgan fingerprint density at radius 1 is 1.08 bits per heavy atom. The maximum absolute atomic E-state index is 12.3. The molecule has 3 aromatic rings. The summed E-state index contributed by atoms with van der Waals surface area (Å²) in [6.45, 7) is 4.49. The van der Waals surface area contributed by atoms with E-state index in [0.717, 1.165) is 27.6 Å². The molecule has 0 saturated carbocycles. The highest BCUT2D eigenvalue weighted by Crippen LogP contribution is 2.18. The molecule has 25 heavy (non-hydrogen) atoms. The fraction of sp³-hybridized carbons (Fsp3) is 0.238. The van der Waals surface area contributed by atoms with Crippen molar-refractivity contribution >= 4 is 16.8 Å². The zero-order valence-electron chi connectivity index (χ0n) is 14.6. The number of H-pyrrole nitrogens is 1. The molecule has 2 aromatic carbocycles. The normalized spacial score (nSPS) is 10.8. The topological polar surface area (TPSA) is 62.0 Å². The number of fused-ring (bicyclic) bond motifs is 1. The second-order valence-electron chi connectivity index (χ2n) is 6.36. The van der Waals surface area contributed by atoms with Crippen molar-refractivity contribution in [3.63, 3.8) is 0 Å². The Bertz CT molecular complexity index is 959. The molecule has 4 heteroatoms. The average molecular weight is 334 g/mol. The summed E-state index contributed by atoms with van der Waals surface area (Å²) in [6.07, 6.45) is 0.867. The first-order valence-corrected chi connectivity index (χ1v) is 8.47. The molecule has 0 saturated heterocycles. The SMILES string of the molecule is Cc1ccc2cc(CCNC(=O)Cc3ccccc3)c(=O)[nH]c2c1C. The molecular weight excluding hydrogens is 312 g/mol. The van der Waals surface area contributed by atoms with Crippen LogP contribution in [0.1, 0.15) is 22.3 Å². The van der Waals surface area contributed by atoms with Gasteiger partial charge in [0.1, 0.15) is 0 Å². The van der Waals surface area contributed by atoms with Crippen LogP contribution in [0.3, 0.4) is 0 Å².